The molecule has 0 spiro atoms. The fourth-order valence-corrected chi connectivity index (χ4v) is 2.87. The van der Waals surface area contributed by atoms with Crippen molar-refractivity contribution in [2.75, 3.05) is 5.32 Å². The van der Waals surface area contributed by atoms with Crippen LogP contribution in [0.4, 0.5) is 5.69 Å². The van der Waals surface area contributed by atoms with Crippen LogP contribution in [0.3, 0.4) is 0 Å². The average molecular weight is 363 g/mol. The fraction of sp³-hybridized carbons (Fsp3) is 0.250. The number of nitrogens with one attached hydrogen (secondary N) is 1. The van der Waals surface area contributed by atoms with E-state index in [4.69, 9.17) is 5.11 Å². The third-order valence-electron chi connectivity index (χ3n) is 3.37. The lowest BCUT2D eigenvalue weighted by Crippen LogP contribution is -2.17. The Kier molecular flexibility index (Phi) is 5.48. The van der Waals surface area contributed by atoms with Crippen LogP contribution in [0.5, 0.6) is 0 Å². The number of hydrogen-bond donors (Lipinski definition) is 2. The van der Waals surface area contributed by atoms with E-state index in [0.29, 0.717) is 11.3 Å². The fourth-order valence-electron chi connectivity index (χ4n) is 1.89. The number of carbonyl (C=O) groups is 2. The summed E-state index contributed by atoms with van der Waals surface area (Å²) in [6.45, 7) is 3.22. The molecule has 8 nitrogen and oxygen atoms in total. The van der Waals surface area contributed by atoms with E-state index in [1.54, 1.807) is 38.1 Å². The molecule has 0 aliphatic rings. The zero-order valence-corrected chi connectivity index (χ0v) is 14.4. The minimum Gasteiger partial charge on any atom is -0.476 e. The number of amides is 1. The lowest BCUT2D eigenvalue weighted by Gasteiger charge is -2.10. The molecule has 0 unspecified atom stereocenters. The van der Waals surface area contributed by atoms with Gasteiger partial charge >= 0.3 is 5.97 Å². The summed E-state index contributed by atoms with van der Waals surface area (Å²) in [5, 5.41) is 10.8. The molecule has 0 saturated carbocycles. The maximum Gasteiger partial charge on any atom is 0.356 e. The van der Waals surface area contributed by atoms with Crippen molar-refractivity contribution in [2.24, 2.45) is 0 Å². The van der Waals surface area contributed by atoms with E-state index in [0.717, 1.165) is 12.4 Å². The van der Waals surface area contributed by atoms with Crippen LogP contribution in [-0.4, -0.2) is 40.6 Å². The molecule has 1 amide bonds. The Balaban J connectivity index is 2.13. The summed E-state index contributed by atoms with van der Waals surface area (Å²) in [7, 11) is -3.25. The predicted octanol–water partition coefficient (Wildman–Crippen LogP) is 1.75. The molecule has 1 aromatic carbocycles. The van der Waals surface area contributed by atoms with Crippen LogP contribution in [0, 0.1) is 0 Å². The van der Waals surface area contributed by atoms with Gasteiger partial charge in [0, 0.05) is 5.69 Å². The van der Waals surface area contributed by atoms with Crippen molar-refractivity contribution in [3.8, 4) is 0 Å². The van der Waals surface area contributed by atoms with Gasteiger partial charge in [0.2, 0.25) is 0 Å². The maximum absolute atomic E-state index is 12.1. The molecule has 0 radical (unpaired) electrons. The molecule has 0 saturated heterocycles. The van der Waals surface area contributed by atoms with E-state index < -0.39 is 27.0 Å². The van der Waals surface area contributed by atoms with Crippen molar-refractivity contribution < 1.29 is 23.1 Å². The molecule has 2 N–H and O–H groups in total. The summed E-state index contributed by atoms with van der Waals surface area (Å²) in [5.41, 5.74) is 0.645. The monoisotopic (exact) mass is 363 g/mol. The van der Waals surface area contributed by atoms with E-state index in [2.05, 4.69) is 15.3 Å². The van der Waals surface area contributed by atoms with Crippen LogP contribution >= 0.6 is 0 Å². The molecule has 9 heteroatoms. The number of aromatic nitrogens is 2. The van der Waals surface area contributed by atoms with Gasteiger partial charge in [-0.1, -0.05) is 12.1 Å². The van der Waals surface area contributed by atoms with Crippen LogP contribution in [-0.2, 0) is 15.6 Å². The van der Waals surface area contributed by atoms with Crippen molar-refractivity contribution >= 4 is 27.4 Å². The second-order valence-corrected chi connectivity index (χ2v) is 8.16. The smallest absolute Gasteiger partial charge is 0.356 e. The maximum atomic E-state index is 12.1. The first-order valence-corrected chi connectivity index (χ1v) is 9.08. The van der Waals surface area contributed by atoms with E-state index >= 15 is 0 Å². The number of benzene rings is 1. The van der Waals surface area contributed by atoms with Gasteiger partial charge in [-0.3, -0.25) is 4.79 Å². The van der Waals surface area contributed by atoms with Crippen molar-refractivity contribution in [3.63, 3.8) is 0 Å². The van der Waals surface area contributed by atoms with Crippen molar-refractivity contribution in [2.45, 2.75) is 24.9 Å². The molecule has 1 heterocycles. The van der Waals surface area contributed by atoms with E-state index in [1.165, 1.54) is 0 Å². The van der Waals surface area contributed by atoms with Gasteiger partial charge in [-0.25, -0.2) is 23.2 Å². The van der Waals surface area contributed by atoms with Crippen LogP contribution in [0.1, 0.15) is 40.4 Å². The number of sulfone groups is 1. The van der Waals surface area contributed by atoms with E-state index in [9.17, 15) is 18.0 Å². The molecule has 2 aromatic rings. The zero-order chi connectivity index (χ0) is 18.6. The molecular formula is C16H17N3O5S. The number of carbonyl (C=O) groups excluding carboxylic acids is 1. The predicted molar refractivity (Wildman–Crippen MR) is 91.1 cm³/mol. The minimum atomic E-state index is -3.25. The number of anilines is 1. The van der Waals surface area contributed by atoms with E-state index in [1.807, 2.05) is 0 Å². The van der Waals surface area contributed by atoms with Crippen molar-refractivity contribution in [3.05, 3.63) is 53.6 Å². The van der Waals surface area contributed by atoms with Gasteiger partial charge < -0.3 is 10.4 Å². The molecule has 0 fully saturated rings. The molecule has 0 atom stereocenters. The van der Waals surface area contributed by atoms with Gasteiger partial charge in [-0.2, -0.15) is 0 Å². The first-order valence-electron chi connectivity index (χ1n) is 7.36. The Morgan fingerprint density at radius 2 is 1.80 bits per heavy atom. The molecule has 0 aliphatic heterocycles. The van der Waals surface area contributed by atoms with Gasteiger partial charge in [0.1, 0.15) is 5.69 Å². The third-order valence-corrected chi connectivity index (χ3v) is 5.55. The van der Waals surface area contributed by atoms with Gasteiger partial charge in [0.25, 0.3) is 5.91 Å². The van der Waals surface area contributed by atoms with Crippen LogP contribution in [0.15, 0.2) is 36.7 Å². The lowest BCUT2D eigenvalue weighted by atomic mass is 10.2. The number of carboxylic acid groups (broad SMARTS) is 1. The topological polar surface area (TPSA) is 126 Å². The van der Waals surface area contributed by atoms with Gasteiger partial charge in [-0.15, -0.1) is 0 Å². The van der Waals surface area contributed by atoms with Crippen LogP contribution in [0.2, 0.25) is 0 Å². The summed E-state index contributed by atoms with van der Waals surface area (Å²) in [4.78, 5) is 30.2. The van der Waals surface area contributed by atoms with Crippen LogP contribution in [0.25, 0.3) is 0 Å². The van der Waals surface area contributed by atoms with Crippen molar-refractivity contribution in [1.29, 1.82) is 0 Å². The molecule has 1 aromatic heterocycles. The number of aromatic carboxylic acids is 1. The Morgan fingerprint density at radius 1 is 1.16 bits per heavy atom. The minimum absolute atomic E-state index is 0.0507. The Labute approximate surface area is 144 Å². The van der Waals surface area contributed by atoms with Gasteiger partial charge in [0.15, 0.2) is 15.5 Å². The highest BCUT2D eigenvalue weighted by Gasteiger charge is 2.17. The zero-order valence-electron chi connectivity index (χ0n) is 13.6. The summed E-state index contributed by atoms with van der Waals surface area (Å²) in [6, 6.07) is 6.48. The average Bonchev–Trinajstić information content (AvgIpc) is 2.54. The number of carboxylic acids is 1. The molecule has 25 heavy (non-hydrogen) atoms. The highest BCUT2D eigenvalue weighted by molar-refractivity contribution is 7.91. The lowest BCUT2D eigenvalue weighted by molar-refractivity contribution is 0.0689. The molecule has 0 bridgehead atoms. The largest absolute Gasteiger partial charge is 0.476 e. The summed E-state index contributed by atoms with van der Waals surface area (Å²) in [6.07, 6.45) is 2.05. The molecule has 132 valence electrons. The molecule has 2 rings (SSSR count). The SMILES string of the molecule is CC(C)S(=O)(=O)Cc1cccc(NC(=O)c2cnc(C(=O)O)cn2)c1. The number of hydrogen-bond acceptors (Lipinski definition) is 6. The summed E-state index contributed by atoms with van der Waals surface area (Å²) < 4.78 is 24.0. The van der Waals surface area contributed by atoms with Gasteiger partial charge in [0.05, 0.1) is 23.4 Å². The number of rotatable bonds is 6. The Bertz CT molecular complexity index is 892. The highest BCUT2D eigenvalue weighted by atomic mass is 32.2. The quantitative estimate of drug-likeness (QED) is 0.800. The first-order chi connectivity index (χ1) is 11.7. The highest BCUT2D eigenvalue weighted by Crippen LogP contribution is 2.16. The molecular weight excluding hydrogens is 346 g/mol. The van der Waals surface area contributed by atoms with Gasteiger partial charge in [-0.05, 0) is 31.5 Å². The second-order valence-electron chi connectivity index (χ2n) is 5.60. The van der Waals surface area contributed by atoms with E-state index in [-0.39, 0.29) is 17.1 Å². The normalized spacial score (nSPS) is 11.3. The first kappa shape index (κ1) is 18.5. The Hall–Kier alpha value is -2.81. The standard InChI is InChI=1S/C16H17N3O5S/c1-10(2)25(23,24)9-11-4-3-5-12(6-11)19-15(20)13-7-18-14(8-17-13)16(21)22/h3-8,10H,9H2,1-2H3,(H,19,20)(H,21,22). The summed E-state index contributed by atoms with van der Waals surface area (Å²) in [5.74, 6) is -1.94. The molecule has 0 aliphatic carbocycles. The van der Waals surface area contributed by atoms with Crippen LogP contribution < -0.4 is 5.32 Å². The summed E-state index contributed by atoms with van der Waals surface area (Å²) >= 11 is 0. The van der Waals surface area contributed by atoms with Crippen molar-refractivity contribution in [1.82, 2.24) is 9.97 Å². The third kappa shape index (κ3) is 4.83. The second kappa shape index (κ2) is 7.39. The number of nitrogens with zero attached hydrogens (tertiary/aromatic N) is 2. The Morgan fingerprint density at radius 3 is 2.36 bits per heavy atom.